The van der Waals surface area contributed by atoms with Crippen LogP contribution in [0.1, 0.15) is 0 Å². The molecule has 0 fully saturated rings. The third-order valence-electron chi connectivity index (χ3n) is 1.28. The lowest BCUT2D eigenvalue weighted by molar-refractivity contribution is 0.849. The minimum absolute atomic E-state index is 0.743. The van der Waals surface area contributed by atoms with Crippen LogP contribution < -0.4 is 16.4 Å². The number of allylic oxidation sites excluding steroid dienone is 1. The molecule has 1 aliphatic heterocycles. The zero-order chi connectivity index (χ0) is 6.69. The lowest BCUT2D eigenvalue weighted by Crippen LogP contribution is -2.25. The van der Waals surface area contributed by atoms with Crippen molar-refractivity contribution in [1.29, 1.82) is 0 Å². The molecule has 3 heteroatoms. The summed E-state index contributed by atoms with van der Waals surface area (Å²) in [6.07, 6.45) is 3.79. The van der Waals surface area contributed by atoms with E-state index in [-0.39, 0.29) is 0 Å². The van der Waals surface area contributed by atoms with Gasteiger partial charge < -0.3 is 16.4 Å². The van der Waals surface area contributed by atoms with Gasteiger partial charge in [-0.1, -0.05) is 0 Å². The molecule has 0 aromatic carbocycles. The predicted octanol–water partition coefficient (Wildman–Crippen LogP) is -0.507. The number of nitrogens with two attached hydrogens (primary N) is 1. The van der Waals surface area contributed by atoms with Crippen LogP contribution in [-0.4, -0.2) is 13.6 Å². The minimum Gasteiger partial charge on any atom is -0.399 e. The SMILES string of the molecule is CNC1=C(N)CNC=C1. The van der Waals surface area contributed by atoms with Crippen molar-refractivity contribution in [1.82, 2.24) is 10.6 Å². The van der Waals surface area contributed by atoms with E-state index in [9.17, 15) is 0 Å². The van der Waals surface area contributed by atoms with E-state index in [1.807, 2.05) is 19.3 Å². The van der Waals surface area contributed by atoms with E-state index >= 15 is 0 Å². The summed E-state index contributed by atoms with van der Waals surface area (Å²) in [6.45, 7) is 0.743. The van der Waals surface area contributed by atoms with Gasteiger partial charge in [0, 0.05) is 7.05 Å². The van der Waals surface area contributed by atoms with E-state index < -0.39 is 0 Å². The van der Waals surface area contributed by atoms with Crippen LogP contribution in [0.4, 0.5) is 0 Å². The van der Waals surface area contributed by atoms with Crippen molar-refractivity contribution in [3.63, 3.8) is 0 Å². The van der Waals surface area contributed by atoms with Crippen LogP contribution in [0.5, 0.6) is 0 Å². The molecule has 0 aliphatic carbocycles. The molecule has 0 radical (unpaired) electrons. The van der Waals surface area contributed by atoms with E-state index in [4.69, 9.17) is 5.73 Å². The summed E-state index contributed by atoms with van der Waals surface area (Å²) < 4.78 is 0. The molecule has 0 aromatic rings. The summed E-state index contributed by atoms with van der Waals surface area (Å²) in [5.41, 5.74) is 7.46. The van der Waals surface area contributed by atoms with Crippen molar-refractivity contribution >= 4 is 0 Å². The number of rotatable bonds is 1. The number of likely N-dealkylation sites (N-methyl/N-ethyl adjacent to an activating group) is 1. The van der Waals surface area contributed by atoms with E-state index in [0.29, 0.717) is 0 Å². The van der Waals surface area contributed by atoms with Gasteiger partial charge in [-0.05, 0) is 12.3 Å². The van der Waals surface area contributed by atoms with Crippen LogP contribution in [0.2, 0.25) is 0 Å². The molecule has 0 aromatic heterocycles. The highest BCUT2D eigenvalue weighted by Crippen LogP contribution is 1.98. The molecule has 0 saturated carbocycles. The van der Waals surface area contributed by atoms with Gasteiger partial charge in [0.25, 0.3) is 0 Å². The summed E-state index contributed by atoms with van der Waals surface area (Å²) in [7, 11) is 1.86. The fourth-order valence-corrected chi connectivity index (χ4v) is 0.757. The molecule has 0 spiro atoms. The average Bonchev–Trinajstić information content (AvgIpc) is 1.89. The lowest BCUT2D eigenvalue weighted by Gasteiger charge is -2.12. The van der Waals surface area contributed by atoms with Gasteiger partial charge in [0.15, 0.2) is 0 Å². The maximum atomic E-state index is 5.59. The summed E-state index contributed by atoms with van der Waals surface area (Å²) in [5, 5.41) is 5.98. The van der Waals surface area contributed by atoms with Crippen LogP contribution in [0.15, 0.2) is 23.7 Å². The van der Waals surface area contributed by atoms with E-state index in [1.165, 1.54) is 0 Å². The van der Waals surface area contributed by atoms with Crippen molar-refractivity contribution in [2.75, 3.05) is 13.6 Å². The molecule has 3 nitrogen and oxygen atoms in total. The Hall–Kier alpha value is -1.12. The second kappa shape index (κ2) is 2.44. The Morgan fingerprint density at radius 2 is 2.56 bits per heavy atom. The highest BCUT2D eigenvalue weighted by atomic mass is 14.9. The van der Waals surface area contributed by atoms with Crippen LogP contribution in [0.3, 0.4) is 0 Å². The summed E-state index contributed by atoms with van der Waals surface area (Å²) >= 11 is 0. The quantitative estimate of drug-likeness (QED) is 0.442. The van der Waals surface area contributed by atoms with Crippen LogP contribution in [0, 0.1) is 0 Å². The van der Waals surface area contributed by atoms with Gasteiger partial charge >= 0.3 is 0 Å². The zero-order valence-corrected chi connectivity index (χ0v) is 5.44. The molecule has 0 saturated heterocycles. The molecule has 1 rings (SSSR count). The number of hydrogen-bond donors (Lipinski definition) is 3. The summed E-state index contributed by atoms with van der Waals surface area (Å²) in [6, 6.07) is 0. The van der Waals surface area contributed by atoms with Crippen LogP contribution in [0.25, 0.3) is 0 Å². The Balaban J connectivity index is 2.72. The average molecular weight is 125 g/mol. The lowest BCUT2D eigenvalue weighted by atomic mass is 10.3. The first-order chi connectivity index (χ1) is 4.34. The Bertz CT molecular complexity index is 158. The highest BCUT2D eigenvalue weighted by molar-refractivity contribution is 5.25. The second-order valence-electron chi connectivity index (χ2n) is 1.90. The Morgan fingerprint density at radius 3 is 3.00 bits per heavy atom. The van der Waals surface area contributed by atoms with Gasteiger partial charge in [0.1, 0.15) is 0 Å². The summed E-state index contributed by atoms with van der Waals surface area (Å²) in [4.78, 5) is 0. The van der Waals surface area contributed by atoms with Crippen molar-refractivity contribution in [2.24, 2.45) is 5.73 Å². The van der Waals surface area contributed by atoms with E-state index in [2.05, 4.69) is 10.6 Å². The van der Waals surface area contributed by atoms with Gasteiger partial charge in [-0.25, -0.2) is 0 Å². The molecule has 4 N–H and O–H groups in total. The number of hydrogen-bond acceptors (Lipinski definition) is 3. The van der Waals surface area contributed by atoms with Crippen molar-refractivity contribution in [3.05, 3.63) is 23.7 Å². The van der Waals surface area contributed by atoms with E-state index in [0.717, 1.165) is 17.9 Å². The van der Waals surface area contributed by atoms with Crippen molar-refractivity contribution < 1.29 is 0 Å². The van der Waals surface area contributed by atoms with Gasteiger partial charge in [0.05, 0.1) is 17.9 Å². The maximum Gasteiger partial charge on any atom is 0.0561 e. The molecular formula is C6H11N3. The summed E-state index contributed by atoms with van der Waals surface area (Å²) in [5.74, 6) is 0. The first-order valence-electron chi connectivity index (χ1n) is 2.91. The Kier molecular flexibility index (Phi) is 1.63. The molecular weight excluding hydrogens is 114 g/mol. The molecule has 50 valence electrons. The Labute approximate surface area is 54.6 Å². The standard InChI is InChI=1S/C6H11N3/c1-8-6-2-3-9-4-5(6)7/h2-3,8-9H,4,7H2,1H3. The predicted molar refractivity (Wildman–Crippen MR) is 37.4 cm³/mol. The van der Waals surface area contributed by atoms with Crippen molar-refractivity contribution in [3.8, 4) is 0 Å². The molecule has 1 heterocycles. The molecule has 1 aliphatic rings. The van der Waals surface area contributed by atoms with E-state index in [1.54, 1.807) is 0 Å². The molecule has 0 unspecified atom stereocenters. The largest absolute Gasteiger partial charge is 0.399 e. The van der Waals surface area contributed by atoms with Crippen LogP contribution in [-0.2, 0) is 0 Å². The van der Waals surface area contributed by atoms with Crippen LogP contribution >= 0.6 is 0 Å². The van der Waals surface area contributed by atoms with Crippen molar-refractivity contribution in [2.45, 2.75) is 0 Å². The molecule has 0 bridgehead atoms. The maximum absolute atomic E-state index is 5.59. The first-order valence-corrected chi connectivity index (χ1v) is 2.91. The Morgan fingerprint density at radius 1 is 1.78 bits per heavy atom. The minimum atomic E-state index is 0.743. The normalized spacial score (nSPS) is 17.4. The zero-order valence-electron chi connectivity index (χ0n) is 5.44. The van der Waals surface area contributed by atoms with Gasteiger partial charge in [-0.2, -0.15) is 0 Å². The fraction of sp³-hybridized carbons (Fsp3) is 0.333. The molecule has 0 atom stereocenters. The second-order valence-corrected chi connectivity index (χ2v) is 1.90. The topological polar surface area (TPSA) is 50.1 Å². The first kappa shape index (κ1) is 6.01. The highest BCUT2D eigenvalue weighted by Gasteiger charge is 1.99. The van der Waals surface area contributed by atoms with Gasteiger partial charge in [-0.3, -0.25) is 0 Å². The fourth-order valence-electron chi connectivity index (χ4n) is 0.757. The third kappa shape index (κ3) is 1.16. The smallest absolute Gasteiger partial charge is 0.0561 e. The molecule has 9 heavy (non-hydrogen) atoms. The van der Waals surface area contributed by atoms with Gasteiger partial charge in [-0.15, -0.1) is 0 Å². The number of dihydropyridines is 1. The van der Waals surface area contributed by atoms with Gasteiger partial charge in [0.2, 0.25) is 0 Å². The number of nitrogens with one attached hydrogen (secondary N) is 2. The molecule has 0 amide bonds. The third-order valence-corrected chi connectivity index (χ3v) is 1.28. The monoisotopic (exact) mass is 125 g/mol.